The number of rotatable bonds is 1. The summed E-state index contributed by atoms with van der Waals surface area (Å²) in [6, 6.07) is 13.8. The Morgan fingerprint density at radius 3 is 2.76 bits per heavy atom. The Hall–Kier alpha value is -2.57. The van der Waals surface area contributed by atoms with Crippen LogP contribution in [0.5, 0.6) is 5.75 Å². The molecule has 0 saturated carbocycles. The molecule has 0 aromatic heterocycles. The quantitative estimate of drug-likeness (QED) is 0.814. The average molecular weight is 277 g/mol. The average Bonchev–Trinajstić information content (AvgIpc) is 2.52. The van der Waals surface area contributed by atoms with Gasteiger partial charge in [-0.2, -0.15) is 0 Å². The molecule has 2 aromatic carbocycles. The van der Waals surface area contributed by atoms with Gasteiger partial charge in [-0.15, -0.1) is 0 Å². The normalized spacial score (nSPS) is 12.6. The van der Waals surface area contributed by atoms with Crippen LogP contribution in [-0.4, -0.2) is 24.0 Å². The van der Waals surface area contributed by atoms with Crippen molar-refractivity contribution in [3.63, 3.8) is 0 Å². The molecule has 0 radical (unpaired) electrons. The molecule has 0 aliphatic carbocycles. The monoisotopic (exact) mass is 277 g/mol. The number of benzene rings is 2. The minimum atomic E-state index is -0.127. The van der Waals surface area contributed by atoms with Gasteiger partial charge in [-0.05, 0) is 42.3 Å². The van der Waals surface area contributed by atoms with Gasteiger partial charge in [-0.1, -0.05) is 30.0 Å². The van der Waals surface area contributed by atoms with Crippen molar-refractivity contribution in [2.45, 2.75) is 6.92 Å². The predicted octanol–water partition coefficient (Wildman–Crippen LogP) is 2.85. The molecule has 0 amide bonds. The predicted molar refractivity (Wildman–Crippen MR) is 83.3 cm³/mol. The maximum absolute atomic E-state index is 8.69. The van der Waals surface area contributed by atoms with E-state index in [0.717, 1.165) is 33.8 Å². The van der Waals surface area contributed by atoms with Crippen LogP contribution in [0.3, 0.4) is 0 Å². The minimum absolute atomic E-state index is 0.127. The van der Waals surface area contributed by atoms with Gasteiger partial charge in [-0.3, -0.25) is 0 Å². The molecule has 0 fully saturated rings. The number of ether oxygens (including phenoxy) is 1. The molecule has 0 spiro atoms. The Balaban J connectivity index is 1.91. The molecule has 3 rings (SSSR count). The van der Waals surface area contributed by atoms with Gasteiger partial charge in [0.25, 0.3) is 0 Å². The Labute approximate surface area is 123 Å². The number of aliphatic imine (C=N–C) groups is 1. The van der Waals surface area contributed by atoms with Crippen molar-refractivity contribution in [1.29, 1.82) is 0 Å². The summed E-state index contributed by atoms with van der Waals surface area (Å²) in [5, 5.41) is 8.69. The van der Waals surface area contributed by atoms with Gasteiger partial charge in [0, 0.05) is 5.56 Å². The molecule has 104 valence electrons. The van der Waals surface area contributed by atoms with E-state index in [1.807, 2.05) is 49.4 Å². The van der Waals surface area contributed by atoms with Crippen molar-refractivity contribution >= 4 is 11.4 Å². The zero-order valence-corrected chi connectivity index (χ0v) is 11.8. The second-order valence-electron chi connectivity index (χ2n) is 4.86. The molecule has 1 aliphatic heterocycles. The van der Waals surface area contributed by atoms with Gasteiger partial charge >= 0.3 is 0 Å². The Morgan fingerprint density at radius 1 is 1.19 bits per heavy atom. The van der Waals surface area contributed by atoms with Crippen molar-refractivity contribution in [2.24, 2.45) is 4.99 Å². The van der Waals surface area contributed by atoms with Crippen molar-refractivity contribution in [1.82, 2.24) is 0 Å². The lowest BCUT2D eigenvalue weighted by atomic mass is 10.1. The molecule has 3 heteroatoms. The summed E-state index contributed by atoms with van der Waals surface area (Å²) in [4.78, 5) is 4.68. The number of aryl methyl sites for hydroxylation is 1. The Kier molecular flexibility index (Phi) is 3.72. The fourth-order valence-electron chi connectivity index (χ4n) is 2.20. The van der Waals surface area contributed by atoms with Crippen molar-refractivity contribution in [3.8, 4) is 17.6 Å². The first kappa shape index (κ1) is 13.4. The fraction of sp³-hybridized carbons (Fsp3) is 0.167. The topological polar surface area (TPSA) is 41.8 Å². The number of nitrogens with zero attached hydrogens (tertiary/aromatic N) is 1. The summed E-state index contributed by atoms with van der Waals surface area (Å²) in [5.74, 6) is 6.34. The van der Waals surface area contributed by atoms with E-state index in [1.54, 1.807) is 0 Å². The van der Waals surface area contributed by atoms with Crippen LogP contribution in [0.15, 0.2) is 47.5 Å². The molecule has 0 unspecified atom stereocenters. The summed E-state index contributed by atoms with van der Waals surface area (Å²) >= 11 is 0. The molecular weight excluding hydrogens is 262 g/mol. The van der Waals surface area contributed by atoms with Gasteiger partial charge in [0.05, 0.1) is 5.71 Å². The number of hydrogen-bond donors (Lipinski definition) is 1. The van der Waals surface area contributed by atoms with E-state index in [2.05, 4.69) is 16.8 Å². The Bertz CT molecular complexity index is 749. The van der Waals surface area contributed by atoms with Gasteiger partial charge in [0.15, 0.2) is 0 Å². The van der Waals surface area contributed by atoms with E-state index in [9.17, 15) is 0 Å². The zero-order valence-electron chi connectivity index (χ0n) is 11.8. The van der Waals surface area contributed by atoms with E-state index in [-0.39, 0.29) is 6.61 Å². The summed E-state index contributed by atoms with van der Waals surface area (Å²) in [6.45, 7) is 2.38. The molecule has 0 saturated heterocycles. The first-order valence-corrected chi connectivity index (χ1v) is 6.77. The lowest BCUT2D eigenvalue weighted by Crippen LogP contribution is -2.16. The van der Waals surface area contributed by atoms with E-state index >= 15 is 0 Å². The highest BCUT2D eigenvalue weighted by Crippen LogP contribution is 2.32. The maximum atomic E-state index is 8.69. The molecule has 1 aliphatic rings. The molecule has 1 heterocycles. The van der Waals surface area contributed by atoms with Crippen molar-refractivity contribution < 1.29 is 9.84 Å². The largest absolute Gasteiger partial charge is 0.485 e. The van der Waals surface area contributed by atoms with Crippen LogP contribution in [0.1, 0.15) is 16.7 Å². The summed E-state index contributed by atoms with van der Waals surface area (Å²) in [7, 11) is 0. The highest BCUT2D eigenvalue weighted by atomic mass is 16.5. The summed E-state index contributed by atoms with van der Waals surface area (Å²) in [5.41, 5.74) is 4.85. The van der Waals surface area contributed by atoms with Crippen LogP contribution in [0.25, 0.3) is 0 Å². The fourth-order valence-corrected chi connectivity index (χ4v) is 2.20. The van der Waals surface area contributed by atoms with Gasteiger partial charge in [-0.25, -0.2) is 4.99 Å². The van der Waals surface area contributed by atoms with E-state index in [4.69, 9.17) is 9.84 Å². The summed E-state index contributed by atoms with van der Waals surface area (Å²) in [6.07, 6.45) is 0. The van der Waals surface area contributed by atoms with Crippen LogP contribution in [-0.2, 0) is 0 Å². The minimum Gasteiger partial charge on any atom is -0.485 e. The SMILES string of the molecule is Cc1ccc2c(c1)N=C(c1ccc(C#CCO)cc1)CO2. The molecule has 0 atom stereocenters. The van der Waals surface area contributed by atoms with Crippen LogP contribution >= 0.6 is 0 Å². The first-order valence-electron chi connectivity index (χ1n) is 6.77. The molecule has 2 aromatic rings. The molecule has 21 heavy (non-hydrogen) atoms. The van der Waals surface area contributed by atoms with E-state index in [0.29, 0.717) is 6.61 Å². The first-order chi connectivity index (χ1) is 10.3. The maximum Gasteiger partial charge on any atom is 0.145 e. The third kappa shape index (κ3) is 2.96. The number of aliphatic hydroxyl groups excluding tert-OH is 1. The van der Waals surface area contributed by atoms with Crippen molar-refractivity contribution in [3.05, 3.63) is 59.2 Å². The number of hydrogen-bond acceptors (Lipinski definition) is 3. The van der Waals surface area contributed by atoms with Gasteiger partial charge in [0.1, 0.15) is 24.7 Å². The molecule has 1 N–H and O–H groups in total. The third-order valence-corrected chi connectivity index (χ3v) is 3.26. The zero-order chi connectivity index (χ0) is 14.7. The van der Waals surface area contributed by atoms with Gasteiger partial charge in [0.2, 0.25) is 0 Å². The van der Waals surface area contributed by atoms with E-state index < -0.39 is 0 Å². The van der Waals surface area contributed by atoms with Crippen LogP contribution in [0, 0.1) is 18.8 Å². The lowest BCUT2D eigenvalue weighted by Gasteiger charge is -2.17. The second-order valence-corrected chi connectivity index (χ2v) is 4.86. The van der Waals surface area contributed by atoms with Gasteiger partial charge < -0.3 is 9.84 Å². The van der Waals surface area contributed by atoms with Crippen molar-refractivity contribution in [2.75, 3.05) is 13.2 Å². The molecular formula is C18H15NO2. The second kappa shape index (κ2) is 5.82. The van der Waals surface area contributed by atoms with E-state index in [1.165, 1.54) is 0 Å². The third-order valence-electron chi connectivity index (χ3n) is 3.26. The van der Waals surface area contributed by atoms with Crippen LogP contribution in [0.2, 0.25) is 0 Å². The highest BCUT2D eigenvalue weighted by Gasteiger charge is 2.14. The highest BCUT2D eigenvalue weighted by molar-refractivity contribution is 6.04. The number of fused-ring (bicyclic) bond motifs is 1. The smallest absolute Gasteiger partial charge is 0.145 e. The number of aliphatic hydroxyl groups is 1. The molecule has 0 bridgehead atoms. The molecule has 3 nitrogen and oxygen atoms in total. The Morgan fingerprint density at radius 2 is 2.00 bits per heavy atom. The lowest BCUT2D eigenvalue weighted by molar-refractivity contribution is 0.350. The van der Waals surface area contributed by atoms with Crippen LogP contribution in [0.4, 0.5) is 5.69 Å². The summed E-state index contributed by atoms with van der Waals surface area (Å²) < 4.78 is 5.75. The van der Waals surface area contributed by atoms with Crippen LogP contribution < -0.4 is 4.74 Å². The standard InChI is InChI=1S/C18H15NO2/c1-13-4-9-18-16(11-13)19-17(12-21-18)15-7-5-14(6-8-15)3-2-10-20/h4-9,11,20H,10,12H2,1H3.